The Bertz CT molecular complexity index is 1060. The van der Waals surface area contributed by atoms with Gasteiger partial charge in [0.05, 0.1) is 32.7 Å². The van der Waals surface area contributed by atoms with E-state index in [1.54, 1.807) is 43.4 Å². The number of nitrogens with zero attached hydrogens (tertiary/aromatic N) is 2. The lowest BCUT2D eigenvalue weighted by Crippen LogP contribution is -2.50. The normalized spacial score (nSPS) is 17.4. The van der Waals surface area contributed by atoms with Gasteiger partial charge in [0.1, 0.15) is 11.5 Å². The van der Waals surface area contributed by atoms with Gasteiger partial charge in [-0.25, -0.2) is 0 Å². The number of carbonyl (C=O) groups excluding carboxylic acids is 3. The average molecular weight is 496 g/mol. The van der Waals surface area contributed by atoms with Crippen LogP contribution < -0.4 is 14.8 Å². The minimum Gasteiger partial charge on any atom is -0.497 e. The molecule has 3 amide bonds. The smallest absolute Gasteiger partial charge is 0.243 e. The third-order valence-corrected chi connectivity index (χ3v) is 6.62. The van der Waals surface area contributed by atoms with Crippen molar-refractivity contribution in [3.63, 3.8) is 0 Å². The highest BCUT2D eigenvalue weighted by molar-refractivity contribution is 5.95. The van der Waals surface area contributed by atoms with Crippen molar-refractivity contribution in [3.05, 3.63) is 54.1 Å². The van der Waals surface area contributed by atoms with E-state index in [-0.39, 0.29) is 24.3 Å². The number of hydrogen-bond donors (Lipinski definition) is 1. The van der Waals surface area contributed by atoms with Crippen molar-refractivity contribution in [3.8, 4) is 11.5 Å². The number of rotatable bonds is 11. The molecule has 2 atom stereocenters. The van der Waals surface area contributed by atoms with Crippen LogP contribution in [0.4, 0.5) is 5.69 Å². The molecule has 1 N–H and O–H groups in total. The van der Waals surface area contributed by atoms with E-state index < -0.39 is 12.0 Å². The van der Waals surface area contributed by atoms with Crippen LogP contribution in [-0.2, 0) is 14.4 Å². The number of unbranched alkanes of at least 4 members (excludes halogenated alkanes) is 1. The molecule has 1 heterocycles. The van der Waals surface area contributed by atoms with Gasteiger partial charge >= 0.3 is 0 Å². The van der Waals surface area contributed by atoms with E-state index in [4.69, 9.17) is 9.47 Å². The number of likely N-dealkylation sites (tertiary alicyclic amines) is 1. The molecule has 36 heavy (non-hydrogen) atoms. The van der Waals surface area contributed by atoms with Crippen molar-refractivity contribution in [2.45, 2.75) is 45.6 Å². The van der Waals surface area contributed by atoms with Crippen LogP contribution in [0.3, 0.4) is 0 Å². The lowest BCUT2D eigenvalue weighted by molar-refractivity contribution is -0.149. The molecule has 1 saturated heterocycles. The van der Waals surface area contributed by atoms with Crippen LogP contribution in [-0.4, -0.2) is 61.4 Å². The van der Waals surface area contributed by atoms with Crippen LogP contribution in [0.1, 0.15) is 51.1 Å². The Morgan fingerprint density at radius 1 is 1.08 bits per heavy atom. The Balaban J connectivity index is 1.85. The molecular formula is C28H37N3O5. The molecule has 8 heteroatoms. The van der Waals surface area contributed by atoms with Gasteiger partial charge in [0.25, 0.3) is 0 Å². The van der Waals surface area contributed by atoms with Crippen LogP contribution in [0.15, 0.2) is 48.5 Å². The fourth-order valence-electron chi connectivity index (χ4n) is 4.75. The molecule has 2 aromatic rings. The summed E-state index contributed by atoms with van der Waals surface area (Å²) in [6, 6.07) is 14.2. The molecule has 2 unspecified atom stereocenters. The molecule has 0 bridgehead atoms. The van der Waals surface area contributed by atoms with Gasteiger partial charge < -0.3 is 24.6 Å². The second-order valence-corrected chi connectivity index (χ2v) is 8.91. The third kappa shape index (κ3) is 6.36. The van der Waals surface area contributed by atoms with Crippen molar-refractivity contribution >= 4 is 23.4 Å². The number of likely N-dealkylation sites (N-methyl/N-ethyl adjacent to an activating group) is 1. The quantitative estimate of drug-likeness (QED) is 0.503. The second-order valence-electron chi connectivity index (χ2n) is 8.91. The predicted molar refractivity (Wildman–Crippen MR) is 139 cm³/mol. The van der Waals surface area contributed by atoms with E-state index in [0.717, 1.165) is 18.4 Å². The number of benzene rings is 2. The molecule has 1 fully saturated rings. The maximum atomic E-state index is 13.9. The summed E-state index contributed by atoms with van der Waals surface area (Å²) in [5.41, 5.74) is 1.42. The van der Waals surface area contributed by atoms with E-state index in [9.17, 15) is 14.4 Å². The zero-order chi connectivity index (χ0) is 26.1. The highest BCUT2D eigenvalue weighted by atomic mass is 16.5. The minimum atomic E-state index is -0.472. The first-order chi connectivity index (χ1) is 17.4. The van der Waals surface area contributed by atoms with Crippen molar-refractivity contribution in [2.24, 2.45) is 5.92 Å². The highest BCUT2D eigenvalue weighted by Crippen LogP contribution is 2.41. The number of piperidine rings is 1. The van der Waals surface area contributed by atoms with Gasteiger partial charge in [0, 0.05) is 36.8 Å². The highest BCUT2D eigenvalue weighted by Gasteiger charge is 2.43. The van der Waals surface area contributed by atoms with Crippen LogP contribution in [0.2, 0.25) is 0 Å². The van der Waals surface area contributed by atoms with E-state index in [1.165, 1.54) is 0 Å². The molecule has 0 saturated carbocycles. The van der Waals surface area contributed by atoms with E-state index in [2.05, 4.69) is 12.2 Å². The van der Waals surface area contributed by atoms with Gasteiger partial charge in [0.15, 0.2) is 0 Å². The number of ether oxygens (including phenoxy) is 2. The molecule has 8 nitrogen and oxygen atoms in total. The Morgan fingerprint density at radius 2 is 1.86 bits per heavy atom. The maximum absolute atomic E-state index is 13.9. The number of carbonyl (C=O) groups is 3. The topological polar surface area (TPSA) is 88.2 Å². The number of para-hydroxylation sites is 1. The molecular weight excluding hydrogens is 458 g/mol. The Labute approximate surface area is 213 Å². The van der Waals surface area contributed by atoms with Gasteiger partial charge in [-0.15, -0.1) is 0 Å². The summed E-state index contributed by atoms with van der Waals surface area (Å²) in [6.45, 7) is 4.81. The third-order valence-electron chi connectivity index (χ3n) is 6.62. The molecule has 1 aliphatic rings. The summed E-state index contributed by atoms with van der Waals surface area (Å²) >= 11 is 0. The van der Waals surface area contributed by atoms with Crippen LogP contribution in [0.5, 0.6) is 11.5 Å². The van der Waals surface area contributed by atoms with Gasteiger partial charge in [-0.3, -0.25) is 14.4 Å². The molecule has 194 valence electrons. The van der Waals surface area contributed by atoms with Crippen molar-refractivity contribution < 1.29 is 23.9 Å². The molecule has 3 rings (SSSR count). The van der Waals surface area contributed by atoms with Crippen LogP contribution in [0.25, 0.3) is 0 Å². The lowest BCUT2D eigenvalue weighted by Gasteiger charge is -2.42. The number of nitrogens with one attached hydrogen (secondary N) is 1. The fraction of sp³-hybridized carbons (Fsp3) is 0.464. The summed E-state index contributed by atoms with van der Waals surface area (Å²) < 4.78 is 10.8. The standard InChI is InChI=1S/C28H37N3O5/c1-5-7-17-31-26(33)16-15-23(27(31)22-13-8-9-14-24(22)36-4)28(34)30(6-2)19-25(32)29-20-11-10-12-21(18-20)35-3/h8-14,18,23,27H,5-7,15-17,19H2,1-4H3,(H,29,32). The van der Waals surface area contributed by atoms with Crippen LogP contribution >= 0.6 is 0 Å². The summed E-state index contributed by atoms with van der Waals surface area (Å²) in [5, 5.41) is 2.85. The Morgan fingerprint density at radius 3 is 2.56 bits per heavy atom. The zero-order valence-electron chi connectivity index (χ0n) is 21.7. The van der Waals surface area contributed by atoms with Crippen LogP contribution in [0, 0.1) is 5.92 Å². The second kappa shape index (κ2) is 13.0. The number of hydrogen-bond acceptors (Lipinski definition) is 5. The SMILES string of the molecule is CCCCN1C(=O)CCC(C(=O)N(CC)CC(=O)Nc2cccc(OC)c2)C1c1ccccc1OC. The maximum Gasteiger partial charge on any atom is 0.243 e. The fourth-order valence-corrected chi connectivity index (χ4v) is 4.75. The minimum absolute atomic E-state index is 0.0437. The van der Waals surface area contributed by atoms with E-state index >= 15 is 0 Å². The van der Waals surface area contributed by atoms with E-state index in [0.29, 0.717) is 43.1 Å². The van der Waals surface area contributed by atoms with Gasteiger partial charge in [-0.05, 0) is 38.0 Å². The molecule has 0 aromatic heterocycles. The predicted octanol–water partition coefficient (Wildman–Crippen LogP) is 4.27. The molecule has 0 radical (unpaired) electrons. The summed E-state index contributed by atoms with van der Waals surface area (Å²) in [7, 11) is 3.16. The zero-order valence-corrected chi connectivity index (χ0v) is 21.7. The first-order valence-corrected chi connectivity index (χ1v) is 12.6. The number of anilines is 1. The van der Waals surface area contributed by atoms with Gasteiger partial charge in [0.2, 0.25) is 17.7 Å². The lowest BCUT2D eigenvalue weighted by atomic mass is 9.82. The first-order valence-electron chi connectivity index (χ1n) is 12.6. The largest absolute Gasteiger partial charge is 0.497 e. The van der Waals surface area contributed by atoms with Gasteiger partial charge in [-0.1, -0.05) is 37.6 Å². The summed E-state index contributed by atoms with van der Waals surface area (Å²) in [5.74, 6) is 0.429. The van der Waals surface area contributed by atoms with Gasteiger partial charge in [-0.2, -0.15) is 0 Å². The van der Waals surface area contributed by atoms with E-state index in [1.807, 2.05) is 36.1 Å². The Hall–Kier alpha value is -3.55. The summed E-state index contributed by atoms with van der Waals surface area (Å²) in [6.07, 6.45) is 2.52. The number of amides is 3. The average Bonchev–Trinajstić information content (AvgIpc) is 2.90. The molecule has 0 aliphatic carbocycles. The summed E-state index contributed by atoms with van der Waals surface area (Å²) in [4.78, 5) is 43.1. The van der Waals surface area contributed by atoms with Crippen molar-refractivity contribution in [2.75, 3.05) is 39.2 Å². The van der Waals surface area contributed by atoms with Crippen molar-refractivity contribution in [1.82, 2.24) is 9.80 Å². The molecule has 0 spiro atoms. The Kier molecular flexibility index (Phi) is 9.73. The van der Waals surface area contributed by atoms with Crippen molar-refractivity contribution in [1.29, 1.82) is 0 Å². The monoisotopic (exact) mass is 495 g/mol. The molecule has 2 aromatic carbocycles. The molecule has 1 aliphatic heterocycles. The number of methoxy groups -OCH3 is 2. The first kappa shape index (κ1) is 27.0.